The molecular weight excluding hydrogens is 308 g/mol. The number of hydrogen-bond donors (Lipinski definition) is 2. The van der Waals surface area contributed by atoms with Gasteiger partial charge in [0.15, 0.2) is 0 Å². The lowest BCUT2D eigenvalue weighted by Crippen LogP contribution is -1.98. The van der Waals surface area contributed by atoms with Crippen LogP contribution in [0.4, 0.5) is 5.69 Å². The molecule has 7 heteroatoms. The van der Waals surface area contributed by atoms with Crippen molar-refractivity contribution in [3.05, 3.63) is 63.3 Å². The number of carboxylic acids is 1. The van der Waals surface area contributed by atoms with Crippen LogP contribution in [0.15, 0.2) is 42.5 Å². The van der Waals surface area contributed by atoms with E-state index in [0.29, 0.717) is 27.1 Å². The van der Waals surface area contributed by atoms with Crippen LogP contribution in [0.1, 0.15) is 10.5 Å². The molecule has 0 unspecified atom stereocenters. The number of rotatable bonds is 3. The highest BCUT2D eigenvalue weighted by atomic mass is 35.5. The van der Waals surface area contributed by atoms with Crippen LogP contribution in [0.25, 0.3) is 22.0 Å². The average Bonchev–Trinajstić information content (AvgIpc) is 2.86. The number of aromatic carboxylic acids is 1. The zero-order chi connectivity index (χ0) is 15.9. The number of fused-ring (bicyclic) bond motifs is 1. The number of benzene rings is 2. The molecule has 0 saturated carbocycles. The molecule has 0 saturated heterocycles. The Bertz CT molecular complexity index is 900. The molecular formula is C15H9ClN2O4. The molecule has 3 rings (SSSR count). The number of halogens is 1. The fourth-order valence-corrected chi connectivity index (χ4v) is 2.50. The molecule has 1 heterocycles. The summed E-state index contributed by atoms with van der Waals surface area (Å²) in [5, 5.41) is 21.3. The summed E-state index contributed by atoms with van der Waals surface area (Å²) in [6.07, 6.45) is 0. The lowest BCUT2D eigenvalue weighted by molar-refractivity contribution is -0.384. The number of H-pyrrole nitrogens is 1. The van der Waals surface area contributed by atoms with Gasteiger partial charge in [0.2, 0.25) is 0 Å². The lowest BCUT2D eigenvalue weighted by atomic mass is 10.0. The summed E-state index contributed by atoms with van der Waals surface area (Å²) in [4.78, 5) is 24.7. The molecule has 0 amide bonds. The van der Waals surface area contributed by atoms with Crippen LogP contribution in [0, 0.1) is 10.1 Å². The number of nitrogens with one attached hydrogen (secondary N) is 1. The Morgan fingerprint density at radius 1 is 1.18 bits per heavy atom. The van der Waals surface area contributed by atoms with Crippen molar-refractivity contribution < 1.29 is 14.8 Å². The van der Waals surface area contributed by atoms with E-state index >= 15 is 0 Å². The average molecular weight is 317 g/mol. The summed E-state index contributed by atoms with van der Waals surface area (Å²) in [5.74, 6) is -1.14. The lowest BCUT2D eigenvalue weighted by Gasteiger charge is -2.02. The minimum Gasteiger partial charge on any atom is -0.477 e. The van der Waals surface area contributed by atoms with Crippen LogP contribution >= 0.6 is 11.6 Å². The highest BCUT2D eigenvalue weighted by Crippen LogP contribution is 2.35. The molecule has 0 bridgehead atoms. The van der Waals surface area contributed by atoms with E-state index in [1.54, 1.807) is 24.3 Å². The van der Waals surface area contributed by atoms with Gasteiger partial charge in [-0.15, -0.1) is 0 Å². The predicted molar refractivity (Wildman–Crippen MR) is 82.4 cm³/mol. The van der Waals surface area contributed by atoms with Gasteiger partial charge >= 0.3 is 5.97 Å². The van der Waals surface area contributed by atoms with E-state index in [9.17, 15) is 20.0 Å². The quantitative estimate of drug-likeness (QED) is 0.561. The Balaban J connectivity index is 2.35. The number of hydrogen-bond acceptors (Lipinski definition) is 3. The number of nitrogens with zero attached hydrogens (tertiary/aromatic N) is 1. The van der Waals surface area contributed by atoms with Crippen LogP contribution in [0.3, 0.4) is 0 Å². The summed E-state index contributed by atoms with van der Waals surface area (Å²) in [7, 11) is 0. The van der Waals surface area contributed by atoms with Gasteiger partial charge in [-0.2, -0.15) is 0 Å². The normalized spacial score (nSPS) is 10.8. The molecule has 22 heavy (non-hydrogen) atoms. The van der Waals surface area contributed by atoms with Gasteiger partial charge in [0.25, 0.3) is 5.69 Å². The molecule has 0 aliphatic heterocycles. The first-order chi connectivity index (χ1) is 10.5. The number of nitro benzene ring substituents is 1. The second kappa shape index (κ2) is 5.16. The van der Waals surface area contributed by atoms with E-state index in [1.165, 1.54) is 18.2 Å². The van der Waals surface area contributed by atoms with Crippen LogP contribution in [0.2, 0.25) is 5.02 Å². The third kappa shape index (κ3) is 2.29. The SMILES string of the molecule is O=C(O)c1[nH]c2ccc([N+](=O)[O-])cc2c1-c1ccc(Cl)cc1. The third-order valence-corrected chi connectivity index (χ3v) is 3.59. The molecule has 110 valence electrons. The monoisotopic (exact) mass is 316 g/mol. The van der Waals surface area contributed by atoms with Crippen LogP contribution < -0.4 is 0 Å². The van der Waals surface area contributed by atoms with Gasteiger partial charge in [-0.05, 0) is 23.8 Å². The van der Waals surface area contributed by atoms with Crippen LogP contribution in [0.5, 0.6) is 0 Å². The molecule has 0 fully saturated rings. The Kier molecular flexibility index (Phi) is 3.30. The number of aromatic amines is 1. The Labute approximate surface area is 129 Å². The zero-order valence-corrected chi connectivity index (χ0v) is 11.8. The van der Waals surface area contributed by atoms with Crippen molar-refractivity contribution in [1.82, 2.24) is 4.98 Å². The van der Waals surface area contributed by atoms with E-state index < -0.39 is 10.9 Å². The molecule has 3 aromatic rings. The first-order valence-electron chi connectivity index (χ1n) is 6.26. The molecule has 0 spiro atoms. The number of carboxylic acid groups (broad SMARTS) is 1. The largest absolute Gasteiger partial charge is 0.477 e. The third-order valence-electron chi connectivity index (χ3n) is 3.34. The zero-order valence-electron chi connectivity index (χ0n) is 11.0. The summed E-state index contributed by atoms with van der Waals surface area (Å²) in [5.41, 5.74) is 1.43. The maximum absolute atomic E-state index is 11.5. The molecule has 1 aromatic heterocycles. The summed E-state index contributed by atoms with van der Waals surface area (Å²) in [6.45, 7) is 0. The van der Waals surface area contributed by atoms with E-state index in [1.807, 2.05) is 0 Å². The van der Waals surface area contributed by atoms with Crippen molar-refractivity contribution >= 4 is 34.2 Å². The Hall–Kier alpha value is -2.86. The number of non-ortho nitro benzene ring substituents is 1. The van der Waals surface area contributed by atoms with Gasteiger partial charge in [0, 0.05) is 33.6 Å². The molecule has 2 aromatic carbocycles. The molecule has 0 aliphatic rings. The summed E-state index contributed by atoms with van der Waals surface area (Å²) < 4.78 is 0. The molecule has 2 N–H and O–H groups in total. The first-order valence-corrected chi connectivity index (χ1v) is 6.64. The molecule has 6 nitrogen and oxygen atoms in total. The van der Waals surface area contributed by atoms with Crippen molar-refractivity contribution in [2.24, 2.45) is 0 Å². The van der Waals surface area contributed by atoms with E-state index in [0.717, 1.165) is 0 Å². The van der Waals surface area contributed by atoms with E-state index in [4.69, 9.17) is 11.6 Å². The highest BCUT2D eigenvalue weighted by Gasteiger charge is 2.20. The van der Waals surface area contributed by atoms with Gasteiger partial charge in [-0.3, -0.25) is 10.1 Å². The maximum Gasteiger partial charge on any atom is 0.352 e. The van der Waals surface area contributed by atoms with Gasteiger partial charge in [-0.1, -0.05) is 23.7 Å². The number of carbonyl (C=O) groups is 1. The predicted octanol–water partition coefficient (Wildman–Crippen LogP) is 4.09. The van der Waals surface area contributed by atoms with E-state index in [2.05, 4.69) is 4.98 Å². The second-order valence-corrected chi connectivity index (χ2v) is 5.11. The molecule has 0 radical (unpaired) electrons. The van der Waals surface area contributed by atoms with Crippen molar-refractivity contribution in [3.8, 4) is 11.1 Å². The highest BCUT2D eigenvalue weighted by molar-refractivity contribution is 6.30. The summed E-state index contributed by atoms with van der Waals surface area (Å²) in [6, 6.07) is 10.8. The first kappa shape index (κ1) is 14.1. The Morgan fingerprint density at radius 3 is 2.45 bits per heavy atom. The van der Waals surface area contributed by atoms with Crippen LogP contribution in [-0.2, 0) is 0 Å². The number of nitro groups is 1. The van der Waals surface area contributed by atoms with Gasteiger partial charge in [-0.25, -0.2) is 4.79 Å². The van der Waals surface area contributed by atoms with Crippen LogP contribution in [-0.4, -0.2) is 21.0 Å². The smallest absolute Gasteiger partial charge is 0.352 e. The minimum absolute atomic E-state index is 0.0159. The topological polar surface area (TPSA) is 96.2 Å². The van der Waals surface area contributed by atoms with Crippen molar-refractivity contribution in [3.63, 3.8) is 0 Å². The summed E-state index contributed by atoms with van der Waals surface area (Å²) >= 11 is 5.85. The maximum atomic E-state index is 11.5. The standard InChI is InChI=1S/C15H9ClN2O4/c16-9-3-1-8(2-4-9)13-11-7-10(18(21)22)5-6-12(11)17-14(13)15(19)20/h1-7,17H,(H,19,20). The molecule has 0 aliphatic carbocycles. The van der Waals surface area contributed by atoms with E-state index in [-0.39, 0.29) is 11.4 Å². The van der Waals surface area contributed by atoms with Crippen molar-refractivity contribution in [1.29, 1.82) is 0 Å². The van der Waals surface area contributed by atoms with Crippen molar-refractivity contribution in [2.75, 3.05) is 0 Å². The number of aromatic nitrogens is 1. The van der Waals surface area contributed by atoms with Gasteiger partial charge in [0.1, 0.15) is 5.69 Å². The van der Waals surface area contributed by atoms with Gasteiger partial charge in [0.05, 0.1) is 4.92 Å². The minimum atomic E-state index is -1.14. The fourth-order valence-electron chi connectivity index (χ4n) is 2.37. The fraction of sp³-hybridized carbons (Fsp3) is 0. The molecule has 0 atom stereocenters. The Morgan fingerprint density at radius 2 is 1.86 bits per heavy atom. The second-order valence-electron chi connectivity index (χ2n) is 4.67. The van der Waals surface area contributed by atoms with Crippen molar-refractivity contribution in [2.45, 2.75) is 0 Å². The van der Waals surface area contributed by atoms with Gasteiger partial charge < -0.3 is 10.1 Å².